The predicted molar refractivity (Wildman–Crippen MR) is 80.2 cm³/mol. The molecule has 1 atom stereocenters. The van der Waals surface area contributed by atoms with Crippen LogP contribution in [0.3, 0.4) is 0 Å². The van der Waals surface area contributed by atoms with Crippen LogP contribution in [0.4, 0.5) is 4.79 Å². The van der Waals surface area contributed by atoms with Crippen molar-refractivity contribution in [2.75, 3.05) is 13.7 Å². The van der Waals surface area contributed by atoms with Crippen LogP contribution in [0, 0.1) is 5.92 Å². The van der Waals surface area contributed by atoms with Gasteiger partial charge in [-0.25, -0.2) is 9.59 Å². The van der Waals surface area contributed by atoms with Crippen LogP contribution in [-0.2, 0) is 9.53 Å². The van der Waals surface area contributed by atoms with Gasteiger partial charge in [-0.15, -0.1) is 0 Å². The third kappa shape index (κ3) is 5.19. The molecule has 1 fully saturated rings. The van der Waals surface area contributed by atoms with E-state index >= 15 is 0 Å². The van der Waals surface area contributed by atoms with Gasteiger partial charge in [0.2, 0.25) is 0 Å². The Morgan fingerprint density at radius 2 is 1.76 bits per heavy atom. The molecule has 0 radical (unpaired) electrons. The molecular weight excluding hydrogens is 272 g/mol. The van der Waals surface area contributed by atoms with Crippen molar-refractivity contribution < 1.29 is 19.4 Å². The highest BCUT2D eigenvalue weighted by Crippen LogP contribution is 2.27. The first-order valence-electron chi connectivity index (χ1n) is 7.72. The van der Waals surface area contributed by atoms with E-state index in [1.807, 2.05) is 13.8 Å². The van der Waals surface area contributed by atoms with Crippen molar-refractivity contribution in [1.29, 1.82) is 0 Å². The number of carboxylic acids is 1. The molecule has 1 aliphatic carbocycles. The van der Waals surface area contributed by atoms with Gasteiger partial charge < -0.3 is 20.5 Å². The Bertz CT molecular complexity index is 350. The van der Waals surface area contributed by atoms with Crippen molar-refractivity contribution >= 4 is 12.0 Å². The Hall–Kier alpha value is -1.30. The SMILES string of the molecule is COCC(NC(=O)NC1(C(=O)O)CCCCCC1)C(C)C. The molecule has 1 aliphatic rings. The van der Waals surface area contributed by atoms with E-state index in [0.717, 1.165) is 25.7 Å². The number of aliphatic carboxylic acids is 1. The maximum Gasteiger partial charge on any atom is 0.329 e. The standard InChI is InChI=1S/C15H28N2O4/c1-11(2)12(10-21-3)16-14(20)17-15(13(18)19)8-6-4-5-7-9-15/h11-12H,4-10H2,1-3H3,(H,18,19)(H2,16,17,20). The van der Waals surface area contributed by atoms with Gasteiger partial charge in [-0.05, 0) is 18.8 Å². The molecule has 6 nitrogen and oxygen atoms in total. The second-order valence-corrected chi connectivity index (χ2v) is 6.21. The Morgan fingerprint density at radius 3 is 2.19 bits per heavy atom. The number of carbonyl (C=O) groups is 2. The van der Waals surface area contributed by atoms with Crippen molar-refractivity contribution in [3.63, 3.8) is 0 Å². The molecule has 0 aromatic carbocycles. The van der Waals surface area contributed by atoms with E-state index in [4.69, 9.17) is 4.74 Å². The molecule has 2 amide bonds. The van der Waals surface area contributed by atoms with E-state index in [9.17, 15) is 14.7 Å². The molecular formula is C15H28N2O4. The Balaban J connectivity index is 2.69. The van der Waals surface area contributed by atoms with E-state index in [-0.39, 0.29) is 12.0 Å². The fourth-order valence-corrected chi connectivity index (χ4v) is 2.73. The summed E-state index contributed by atoms with van der Waals surface area (Å²) >= 11 is 0. The summed E-state index contributed by atoms with van der Waals surface area (Å²) in [4.78, 5) is 23.8. The second-order valence-electron chi connectivity index (χ2n) is 6.21. The van der Waals surface area contributed by atoms with Gasteiger partial charge in [0.05, 0.1) is 12.6 Å². The lowest BCUT2D eigenvalue weighted by Gasteiger charge is -2.31. The van der Waals surface area contributed by atoms with E-state index in [1.165, 1.54) is 0 Å². The number of nitrogens with one attached hydrogen (secondary N) is 2. The van der Waals surface area contributed by atoms with Gasteiger partial charge in [0.1, 0.15) is 5.54 Å². The fourth-order valence-electron chi connectivity index (χ4n) is 2.73. The van der Waals surface area contributed by atoms with Crippen LogP contribution in [-0.4, -0.2) is 42.4 Å². The van der Waals surface area contributed by atoms with E-state index in [0.29, 0.717) is 19.4 Å². The van der Waals surface area contributed by atoms with Crippen molar-refractivity contribution in [3.05, 3.63) is 0 Å². The van der Waals surface area contributed by atoms with Crippen molar-refractivity contribution in [3.8, 4) is 0 Å². The number of hydrogen-bond donors (Lipinski definition) is 3. The van der Waals surface area contributed by atoms with Crippen LogP contribution >= 0.6 is 0 Å². The number of hydrogen-bond acceptors (Lipinski definition) is 3. The quantitative estimate of drug-likeness (QED) is 0.656. The van der Waals surface area contributed by atoms with Gasteiger partial charge in [-0.2, -0.15) is 0 Å². The largest absolute Gasteiger partial charge is 0.480 e. The van der Waals surface area contributed by atoms with E-state index < -0.39 is 17.5 Å². The Morgan fingerprint density at radius 1 is 1.19 bits per heavy atom. The zero-order valence-corrected chi connectivity index (χ0v) is 13.3. The van der Waals surface area contributed by atoms with Crippen LogP contribution < -0.4 is 10.6 Å². The maximum atomic E-state index is 12.2. The predicted octanol–water partition coefficient (Wildman–Crippen LogP) is 2.13. The van der Waals surface area contributed by atoms with Gasteiger partial charge in [-0.1, -0.05) is 39.5 Å². The van der Waals surface area contributed by atoms with Crippen molar-refractivity contribution in [1.82, 2.24) is 10.6 Å². The number of carboxylic acid groups (broad SMARTS) is 1. The molecule has 1 saturated carbocycles. The highest BCUT2D eigenvalue weighted by atomic mass is 16.5. The Labute approximate surface area is 126 Å². The minimum absolute atomic E-state index is 0.133. The van der Waals surface area contributed by atoms with Crippen LogP contribution in [0.5, 0.6) is 0 Å². The number of amides is 2. The lowest BCUT2D eigenvalue weighted by molar-refractivity contribution is -0.145. The zero-order chi connectivity index (χ0) is 15.9. The Kier molecular flexibility index (Phi) is 6.95. The zero-order valence-electron chi connectivity index (χ0n) is 13.3. The van der Waals surface area contributed by atoms with Crippen LogP contribution in [0.1, 0.15) is 52.4 Å². The van der Waals surface area contributed by atoms with Crippen molar-refractivity contribution in [2.24, 2.45) is 5.92 Å². The molecule has 0 saturated heterocycles. The molecule has 0 aliphatic heterocycles. The van der Waals surface area contributed by atoms with Gasteiger partial charge in [0, 0.05) is 7.11 Å². The molecule has 122 valence electrons. The summed E-state index contributed by atoms with van der Waals surface area (Å²) in [5, 5.41) is 15.1. The summed E-state index contributed by atoms with van der Waals surface area (Å²) < 4.78 is 5.09. The highest BCUT2D eigenvalue weighted by Gasteiger charge is 2.40. The highest BCUT2D eigenvalue weighted by molar-refractivity contribution is 5.86. The second kappa shape index (κ2) is 8.22. The van der Waals surface area contributed by atoms with Crippen molar-refractivity contribution in [2.45, 2.75) is 64.0 Å². The third-order valence-electron chi connectivity index (χ3n) is 4.19. The molecule has 6 heteroatoms. The fraction of sp³-hybridized carbons (Fsp3) is 0.867. The van der Waals surface area contributed by atoms with Gasteiger partial charge in [0.15, 0.2) is 0 Å². The molecule has 0 bridgehead atoms. The first-order chi connectivity index (χ1) is 9.91. The lowest BCUT2D eigenvalue weighted by Crippen LogP contribution is -2.59. The summed E-state index contributed by atoms with van der Waals surface area (Å²) in [5.41, 5.74) is -1.13. The normalized spacial score (nSPS) is 19.6. The smallest absolute Gasteiger partial charge is 0.329 e. The molecule has 0 spiro atoms. The first kappa shape index (κ1) is 17.8. The molecule has 0 aromatic rings. The van der Waals surface area contributed by atoms with Gasteiger partial charge >= 0.3 is 12.0 Å². The number of methoxy groups -OCH3 is 1. The number of urea groups is 1. The molecule has 21 heavy (non-hydrogen) atoms. The lowest BCUT2D eigenvalue weighted by atomic mass is 9.90. The third-order valence-corrected chi connectivity index (χ3v) is 4.19. The first-order valence-corrected chi connectivity index (χ1v) is 7.72. The van der Waals surface area contributed by atoms with Crippen LogP contribution in [0.15, 0.2) is 0 Å². The molecule has 1 rings (SSSR count). The summed E-state index contributed by atoms with van der Waals surface area (Å²) in [6, 6.07) is -0.554. The topological polar surface area (TPSA) is 87.7 Å². The summed E-state index contributed by atoms with van der Waals surface area (Å²) in [6.07, 6.45) is 4.70. The average Bonchev–Trinajstić information content (AvgIpc) is 2.64. The van der Waals surface area contributed by atoms with Gasteiger partial charge in [0.25, 0.3) is 0 Å². The molecule has 0 heterocycles. The average molecular weight is 300 g/mol. The minimum atomic E-state index is -1.13. The number of rotatable bonds is 6. The minimum Gasteiger partial charge on any atom is -0.480 e. The summed E-state index contributed by atoms with van der Waals surface area (Å²) in [6.45, 7) is 4.39. The van der Waals surface area contributed by atoms with E-state index in [2.05, 4.69) is 10.6 Å². The van der Waals surface area contributed by atoms with E-state index in [1.54, 1.807) is 7.11 Å². The van der Waals surface area contributed by atoms with Crippen LogP contribution in [0.2, 0.25) is 0 Å². The molecule has 3 N–H and O–H groups in total. The summed E-state index contributed by atoms with van der Waals surface area (Å²) in [7, 11) is 1.58. The number of ether oxygens (including phenoxy) is 1. The summed E-state index contributed by atoms with van der Waals surface area (Å²) in [5.74, 6) is -0.724. The van der Waals surface area contributed by atoms with Crippen LogP contribution in [0.25, 0.3) is 0 Å². The number of carbonyl (C=O) groups excluding carboxylic acids is 1. The molecule has 1 unspecified atom stereocenters. The van der Waals surface area contributed by atoms with Gasteiger partial charge in [-0.3, -0.25) is 0 Å². The monoisotopic (exact) mass is 300 g/mol. The molecule has 0 aromatic heterocycles. The maximum absolute atomic E-state index is 12.2.